The molecule has 1 fully saturated rings. The number of nitrogens with one attached hydrogen (secondary N) is 1. The molecule has 0 saturated carbocycles. The summed E-state index contributed by atoms with van der Waals surface area (Å²) in [6.45, 7) is 8.13. The Balaban J connectivity index is 1.32. The van der Waals surface area contributed by atoms with Gasteiger partial charge in [-0.1, -0.05) is 50.2 Å². The lowest BCUT2D eigenvalue weighted by atomic mass is 9.90. The number of hydrogen-bond donors (Lipinski definition) is 1. The second kappa shape index (κ2) is 9.44. The van der Waals surface area contributed by atoms with Crippen molar-refractivity contribution < 1.29 is 14.3 Å². The SMILES string of the molecule is CC(C)c1ccc(CC2(C)Cc3cc(CCC(=O)NC4CCOCC4)ccc3O2)cc1. The topological polar surface area (TPSA) is 47.6 Å². The smallest absolute Gasteiger partial charge is 0.220 e. The van der Waals surface area contributed by atoms with Gasteiger partial charge in [-0.05, 0) is 60.4 Å². The molecule has 2 heterocycles. The molecule has 2 aromatic carbocycles. The van der Waals surface area contributed by atoms with Gasteiger partial charge in [-0.2, -0.15) is 0 Å². The van der Waals surface area contributed by atoms with E-state index in [9.17, 15) is 4.79 Å². The summed E-state index contributed by atoms with van der Waals surface area (Å²) in [5.41, 5.74) is 4.92. The van der Waals surface area contributed by atoms with Crippen LogP contribution in [0.3, 0.4) is 0 Å². The second-order valence-electron chi connectivity index (χ2n) is 9.70. The fourth-order valence-electron chi connectivity index (χ4n) is 4.68. The van der Waals surface area contributed by atoms with E-state index >= 15 is 0 Å². The molecule has 1 amide bonds. The van der Waals surface area contributed by atoms with Crippen molar-refractivity contribution in [1.29, 1.82) is 0 Å². The first-order chi connectivity index (χ1) is 14.9. The van der Waals surface area contributed by atoms with E-state index in [0.29, 0.717) is 12.3 Å². The van der Waals surface area contributed by atoms with Crippen LogP contribution >= 0.6 is 0 Å². The van der Waals surface area contributed by atoms with E-state index in [-0.39, 0.29) is 17.6 Å². The van der Waals surface area contributed by atoms with Crippen LogP contribution < -0.4 is 10.1 Å². The highest BCUT2D eigenvalue weighted by molar-refractivity contribution is 5.76. The Hall–Kier alpha value is -2.33. The first-order valence-corrected chi connectivity index (χ1v) is 11.7. The summed E-state index contributed by atoms with van der Waals surface area (Å²) in [6, 6.07) is 15.6. The summed E-state index contributed by atoms with van der Waals surface area (Å²) in [4.78, 5) is 12.3. The maximum absolute atomic E-state index is 12.3. The van der Waals surface area contributed by atoms with E-state index in [1.165, 1.54) is 22.3 Å². The van der Waals surface area contributed by atoms with Crippen LogP contribution in [-0.4, -0.2) is 30.8 Å². The van der Waals surface area contributed by atoms with E-state index in [1.54, 1.807) is 0 Å². The molecule has 1 atom stereocenters. The van der Waals surface area contributed by atoms with Crippen molar-refractivity contribution in [1.82, 2.24) is 5.32 Å². The Labute approximate surface area is 186 Å². The van der Waals surface area contributed by atoms with Gasteiger partial charge in [0.2, 0.25) is 5.91 Å². The van der Waals surface area contributed by atoms with Crippen molar-refractivity contribution in [3.05, 3.63) is 64.7 Å². The molecule has 1 saturated heterocycles. The summed E-state index contributed by atoms with van der Waals surface area (Å²) in [7, 11) is 0. The summed E-state index contributed by atoms with van der Waals surface area (Å²) < 4.78 is 11.7. The molecule has 1 N–H and O–H groups in total. The molecule has 0 radical (unpaired) electrons. The van der Waals surface area contributed by atoms with Gasteiger partial charge in [0.05, 0.1) is 0 Å². The van der Waals surface area contributed by atoms with Crippen LogP contribution in [0.15, 0.2) is 42.5 Å². The molecule has 2 aliphatic heterocycles. The standard InChI is InChI=1S/C27H35NO3/c1-19(2)22-8-4-21(5-9-22)17-27(3)18-23-16-20(6-10-25(23)31-27)7-11-26(29)28-24-12-14-30-15-13-24/h4-6,8-10,16,19,24H,7,11-15,17-18H2,1-3H3,(H,28,29). The van der Waals surface area contributed by atoms with Gasteiger partial charge in [0.25, 0.3) is 0 Å². The summed E-state index contributed by atoms with van der Waals surface area (Å²) in [5.74, 6) is 1.67. The third-order valence-electron chi connectivity index (χ3n) is 6.50. The minimum Gasteiger partial charge on any atom is -0.487 e. The summed E-state index contributed by atoms with van der Waals surface area (Å²) >= 11 is 0. The van der Waals surface area contributed by atoms with Crippen molar-refractivity contribution in [3.63, 3.8) is 0 Å². The number of ether oxygens (including phenoxy) is 2. The van der Waals surface area contributed by atoms with Gasteiger partial charge in [0, 0.05) is 38.5 Å². The number of rotatable bonds is 7. The molecule has 0 bridgehead atoms. The van der Waals surface area contributed by atoms with Crippen LogP contribution in [0.1, 0.15) is 68.2 Å². The summed E-state index contributed by atoms with van der Waals surface area (Å²) in [5, 5.41) is 3.15. The van der Waals surface area contributed by atoms with Gasteiger partial charge >= 0.3 is 0 Å². The molecular weight excluding hydrogens is 386 g/mol. The third kappa shape index (κ3) is 5.68. The van der Waals surface area contributed by atoms with Crippen molar-refractivity contribution in [2.75, 3.05) is 13.2 Å². The highest BCUT2D eigenvalue weighted by Crippen LogP contribution is 2.37. The lowest BCUT2D eigenvalue weighted by Crippen LogP contribution is -2.38. The van der Waals surface area contributed by atoms with E-state index in [1.807, 2.05) is 0 Å². The van der Waals surface area contributed by atoms with Crippen LogP contribution in [-0.2, 0) is 28.8 Å². The molecule has 4 rings (SSSR count). The Kier molecular flexibility index (Phi) is 6.66. The molecule has 1 unspecified atom stereocenters. The van der Waals surface area contributed by atoms with Crippen LogP contribution in [0.4, 0.5) is 0 Å². The van der Waals surface area contributed by atoms with Gasteiger partial charge in [-0.3, -0.25) is 4.79 Å². The number of carbonyl (C=O) groups is 1. The molecule has 4 heteroatoms. The molecule has 31 heavy (non-hydrogen) atoms. The molecule has 0 aliphatic carbocycles. The van der Waals surface area contributed by atoms with Crippen LogP contribution in [0.25, 0.3) is 0 Å². The van der Waals surface area contributed by atoms with Gasteiger partial charge in [-0.15, -0.1) is 0 Å². The maximum atomic E-state index is 12.3. The number of benzene rings is 2. The zero-order valence-electron chi connectivity index (χ0n) is 19.1. The number of aryl methyl sites for hydroxylation is 1. The minimum atomic E-state index is -0.221. The molecular formula is C27H35NO3. The number of carbonyl (C=O) groups excluding carboxylic acids is 1. The zero-order chi connectivity index (χ0) is 21.8. The normalized spacial score (nSPS) is 21.0. The quantitative estimate of drug-likeness (QED) is 0.686. The second-order valence-corrected chi connectivity index (χ2v) is 9.70. The average Bonchev–Trinajstić information content (AvgIpc) is 3.08. The zero-order valence-corrected chi connectivity index (χ0v) is 19.1. The van der Waals surface area contributed by atoms with Gasteiger partial charge in [0.15, 0.2) is 0 Å². The lowest BCUT2D eigenvalue weighted by Gasteiger charge is -2.24. The first-order valence-electron chi connectivity index (χ1n) is 11.7. The average molecular weight is 422 g/mol. The Morgan fingerprint density at radius 2 is 1.81 bits per heavy atom. The van der Waals surface area contributed by atoms with E-state index in [4.69, 9.17) is 9.47 Å². The van der Waals surface area contributed by atoms with Gasteiger partial charge in [-0.25, -0.2) is 0 Å². The molecule has 0 spiro atoms. The van der Waals surface area contributed by atoms with Gasteiger partial charge in [0.1, 0.15) is 11.4 Å². The highest BCUT2D eigenvalue weighted by atomic mass is 16.5. The van der Waals surface area contributed by atoms with Crippen LogP contribution in [0.5, 0.6) is 5.75 Å². The van der Waals surface area contributed by atoms with Crippen LogP contribution in [0.2, 0.25) is 0 Å². The monoisotopic (exact) mass is 421 g/mol. The fraction of sp³-hybridized carbons (Fsp3) is 0.519. The molecule has 166 valence electrons. The number of fused-ring (bicyclic) bond motifs is 1. The van der Waals surface area contributed by atoms with Crippen molar-refractivity contribution in [2.24, 2.45) is 0 Å². The van der Waals surface area contributed by atoms with Crippen molar-refractivity contribution in [3.8, 4) is 5.75 Å². The largest absolute Gasteiger partial charge is 0.487 e. The predicted octanol–water partition coefficient (Wildman–Crippen LogP) is 4.97. The minimum absolute atomic E-state index is 0.137. The summed E-state index contributed by atoms with van der Waals surface area (Å²) in [6.07, 6.45) is 4.91. The fourth-order valence-corrected chi connectivity index (χ4v) is 4.68. The predicted molar refractivity (Wildman–Crippen MR) is 124 cm³/mol. The van der Waals surface area contributed by atoms with E-state index in [2.05, 4.69) is 68.6 Å². The Morgan fingerprint density at radius 3 is 2.52 bits per heavy atom. The van der Waals surface area contributed by atoms with Crippen molar-refractivity contribution >= 4 is 5.91 Å². The Bertz CT molecular complexity index is 899. The van der Waals surface area contributed by atoms with Gasteiger partial charge < -0.3 is 14.8 Å². The van der Waals surface area contributed by atoms with E-state index < -0.39 is 0 Å². The van der Waals surface area contributed by atoms with Crippen LogP contribution in [0, 0.1) is 0 Å². The highest BCUT2D eigenvalue weighted by Gasteiger charge is 2.35. The number of hydrogen-bond acceptors (Lipinski definition) is 3. The molecule has 2 aliphatic rings. The van der Waals surface area contributed by atoms with E-state index in [0.717, 1.165) is 51.1 Å². The molecule has 4 nitrogen and oxygen atoms in total. The van der Waals surface area contributed by atoms with Crippen molar-refractivity contribution in [2.45, 2.75) is 76.9 Å². The molecule has 0 aromatic heterocycles. The Morgan fingerprint density at radius 1 is 1.10 bits per heavy atom. The maximum Gasteiger partial charge on any atom is 0.220 e. The molecule has 2 aromatic rings. The first kappa shape index (κ1) is 21.9. The third-order valence-corrected chi connectivity index (χ3v) is 6.50. The number of amides is 1. The lowest BCUT2D eigenvalue weighted by molar-refractivity contribution is -0.122.